The largest absolute Gasteiger partial charge is 0.466 e. The van der Waals surface area contributed by atoms with Gasteiger partial charge in [0.15, 0.2) is 11.4 Å². The van der Waals surface area contributed by atoms with E-state index in [0.29, 0.717) is 12.8 Å². The average molecular weight is 550 g/mol. The SMILES string of the molecule is C=C[C@@]1(C)CC(=O)[C@]2(O)[C@@]3(C)[C@@H](O)CCC(C)(C)[C@@H]3[C@H](OC(=O)CN3CCCCC3)[C@H](C(=O)OCC)[C@@]2(C)O1. The van der Waals surface area contributed by atoms with Crippen LogP contribution < -0.4 is 0 Å². The first-order valence-electron chi connectivity index (χ1n) is 14.5. The van der Waals surface area contributed by atoms with Crippen LogP contribution in [0.1, 0.15) is 80.1 Å². The highest BCUT2D eigenvalue weighted by atomic mass is 16.6. The van der Waals surface area contributed by atoms with Crippen LogP contribution in [0, 0.1) is 22.7 Å². The summed E-state index contributed by atoms with van der Waals surface area (Å²) in [5, 5.41) is 24.3. The van der Waals surface area contributed by atoms with Crippen LogP contribution in [0.5, 0.6) is 0 Å². The maximum atomic E-state index is 14.1. The number of hydrogen-bond donors (Lipinski definition) is 2. The predicted molar refractivity (Wildman–Crippen MR) is 144 cm³/mol. The zero-order valence-corrected chi connectivity index (χ0v) is 24.5. The van der Waals surface area contributed by atoms with Crippen molar-refractivity contribution in [3.8, 4) is 0 Å². The molecule has 0 aromatic carbocycles. The van der Waals surface area contributed by atoms with Gasteiger partial charge in [-0.3, -0.25) is 19.3 Å². The van der Waals surface area contributed by atoms with Gasteiger partial charge in [0.25, 0.3) is 0 Å². The maximum Gasteiger partial charge on any atom is 0.320 e. The number of carbonyl (C=O) groups is 3. The quantitative estimate of drug-likeness (QED) is 0.380. The molecule has 0 aromatic heterocycles. The van der Waals surface area contributed by atoms with E-state index in [0.717, 1.165) is 32.4 Å². The summed E-state index contributed by atoms with van der Waals surface area (Å²) in [5.41, 5.74) is -7.43. The monoisotopic (exact) mass is 549 g/mol. The molecule has 39 heavy (non-hydrogen) atoms. The summed E-state index contributed by atoms with van der Waals surface area (Å²) >= 11 is 0. The number of ether oxygens (including phenoxy) is 3. The lowest BCUT2D eigenvalue weighted by atomic mass is 9.38. The number of fused-ring (bicyclic) bond motifs is 3. The van der Waals surface area contributed by atoms with E-state index in [2.05, 4.69) is 6.58 Å². The van der Waals surface area contributed by atoms with Crippen LogP contribution in [0.3, 0.4) is 0 Å². The van der Waals surface area contributed by atoms with Crippen LogP contribution in [0.15, 0.2) is 12.7 Å². The van der Waals surface area contributed by atoms with Crippen molar-refractivity contribution in [2.45, 2.75) is 109 Å². The number of nitrogens with zero attached hydrogens (tertiary/aromatic N) is 1. The molecule has 2 aliphatic heterocycles. The number of hydrogen-bond acceptors (Lipinski definition) is 9. The molecule has 220 valence electrons. The molecule has 8 atom stereocenters. The molecular weight excluding hydrogens is 502 g/mol. The molecule has 0 aromatic rings. The Labute approximate surface area is 232 Å². The van der Waals surface area contributed by atoms with Crippen molar-refractivity contribution in [2.24, 2.45) is 22.7 Å². The second-order valence-electron chi connectivity index (χ2n) is 13.4. The van der Waals surface area contributed by atoms with Gasteiger partial charge in [-0.1, -0.05) is 33.3 Å². The van der Waals surface area contributed by atoms with Gasteiger partial charge in [0.1, 0.15) is 17.6 Å². The Balaban J connectivity index is 1.91. The van der Waals surface area contributed by atoms with E-state index in [1.807, 2.05) is 18.7 Å². The van der Waals surface area contributed by atoms with Crippen molar-refractivity contribution < 1.29 is 38.8 Å². The number of carbonyl (C=O) groups excluding carboxylic acids is 3. The minimum absolute atomic E-state index is 0.0545. The highest BCUT2D eigenvalue weighted by molar-refractivity contribution is 5.94. The second-order valence-corrected chi connectivity index (χ2v) is 13.4. The van der Waals surface area contributed by atoms with Crippen LogP contribution in [0.2, 0.25) is 0 Å². The minimum Gasteiger partial charge on any atom is -0.466 e. The Kier molecular flexibility index (Phi) is 7.91. The van der Waals surface area contributed by atoms with Gasteiger partial charge >= 0.3 is 11.9 Å². The van der Waals surface area contributed by atoms with E-state index in [9.17, 15) is 24.6 Å². The van der Waals surface area contributed by atoms with Gasteiger partial charge in [-0.05, 0) is 65.0 Å². The molecule has 0 radical (unpaired) electrons. The third-order valence-electron chi connectivity index (χ3n) is 10.4. The molecule has 2 saturated carbocycles. The lowest BCUT2D eigenvalue weighted by molar-refractivity contribution is -0.358. The Hall–Kier alpha value is -1.81. The topological polar surface area (TPSA) is 123 Å². The smallest absolute Gasteiger partial charge is 0.320 e. The molecule has 2 saturated heterocycles. The van der Waals surface area contributed by atoms with Crippen molar-refractivity contribution in [3.63, 3.8) is 0 Å². The number of aliphatic hydroxyl groups excluding tert-OH is 1. The van der Waals surface area contributed by atoms with Crippen molar-refractivity contribution in [1.29, 1.82) is 0 Å². The summed E-state index contributed by atoms with van der Waals surface area (Å²) in [4.78, 5) is 43.5. The lowest BCUT2D eigenvalue weighted by Gasteiger charge is -2.71. The Morgan fingerprint density at radius 2 is 1.79 bits per heavy atom. The highest BCUT2D eigenvalue weighted by Gasteiger charge is 2.82. The van der Waals surface area contributed by atoms with Crippen molar-refractivity contribution in [3.05, 3.63) is 12.7 Å². The summed E-state index contributed by atoms with van der Waals surface area (Å²) in [6.07, 6.45) is 3.12. The van der Waals surface area contributed by atoms with Gasteiger partial charge in [-0.2, -0.15) is 0 Å². The van der Waals surface area contributed by atoms with E-state index in [1.165, 1.54) is 13.0 Å². The zero-order chi connectivity index (χ0) is 29.0. The van der Waals surface area contributed by atoms with Gasteiger partial charge < -0.3 is 24.4 Å². The van der Waals surface area contributed by atoms with Crippen LogP contribution >= 0.6 is 0 Å². The van der Waals surface area contributed by atoms with E-state index >= 15 is 0 Å². The highest BCUT2D eigenvalue weighted by Crippen LogP contribution is 2.68. The molecule has 0 amide bonds. The number of aliphatic hydroxyl groups is 2. The first kappa shape index (κ1) is 30.2. The summed E-state index contributed by atoms with van der Waals surface area (Å²) in [6, 6.07) is 0. The predicted octanol–water partition coefficient (Wildman–Crippen LogP) is 2.80. The molecule has 2 heterocycles. The average Bonchev–Trinajstić information content (AvgIpc) is 2.85. The summed E-state index contributed by atoms with van der Waals surface area (Å²) in [5.74, 6) is -3.80. The van der Waals surface area contributed by atoms with Crippen LogP contribution in [-0.2, 0) is 28.6 Å². The van der Waals surface area contributed by atoms with Gasteiger partial charge in [-0.15, -0.1) is 6.58 Å². The minimum atomic E-state index is -2.27. The Morgan fingerprint density at radius 3 is 2.38 bits per heavy atom. The summed E-state index contributed by atoms with van der Waals surface area (Å²) < 4.78 is 18.3. The Morgan fingerprint density at radius 1 is 1.15 bits per heavy atom. The van der Waals surface area contributed by atoms with E-state index < -0.39 is 69.4 Å². The van der Waals surface area contributed by atoms with Crippen molar-refractivity contribution >= 4 is 17.7 Å². The van der Waals surface area contributed by atoms with Gasteiger partial charge in [0.2, 0.25) is 0 Å². The van der Waals surface area contributed by atoms with Gasteiger partial charge in [-0.25, -0.2) is 0 Å². The molecule has 0 unspecified atom stereocenters. The van der Waals surface area contributed by atoms with E-state index in [1.54, 1.807) is 20.8 Å². The second kappa shape index (κ2) is 10.2. The number of piperidine rings is 1. The first-order chi connectivity index (χ1) is 18.1. The fraction of sp³-hybridized carbons (Fsp3) is 0.833. The fourth-order valence-electron chi connectivity index (χ4n) is 8.51. The number of rotatable bonds is 6. The normalized spacial score (nSPS) is 44.1. The molecule has 9 heteroatoms. The Bertz CT molecular complexity index is 1010. The number of Topliss-reactive ketones (excluding diaryl/α,β-unsaturated/α-hetero) is 1. The standard InChI is InChI=1S/C30H47NO8/c1-8-27(5)17-20(33)30(36)28(6)19(32)13-14-26(3,4)24(28)23(22(25(35)37-9-2)29(30,7)39-27)38-21(34)18-31-15-11-10-12-16-31/h8,19,22-24,32,36H,1,9-18H2,2-7H3/t19-,22+,23+,24-,27-,28-,29+,30-/m0/s1. The third kappa shape index (κ3) is 4.48. The third-order valence-corrected chi connectivity index (χ3v) is 10.4. The molecule has 9 nitrogen and oxygen atoms in total. The van der Waals surface area contributed by atoms with E-state index in [4.69, 9.17) is 14.2 Å². The van der Waals surface area contributed by atoms with Crippen LogP contribution in [-0.4, -0.2) is 88.1 Å². The maximum absolute atomic E-state index is 14.1. The molecule has 2 N–H and O–H groups in total. The fourth-order valence-corrected chi connectivity index (χ4v) is 8.51. The summed E-state index contributed by atoms with van der Waals surface area (Å²) in [7, 11) is 0. The van der Waals surface area contributed by atoms with Crippen LogP contribution in [0.25, 0.3) is 0 Å². The summed E-state index contributed by atoms with van der Waals surface area (Å²) in [6.45, 7) is 16.1. The molecular formula is C30H47NO8. The number of likely N-dealkylation sites (tertiary alicyclic amines) is 1. The molecule has 4 aliphatic rings. The number of esters is 2. The molecule has 2 aliphatic carbocycles. The number of ketones is 1. The van der Waals surface area contributed by atoms with E-state index in [-0.39, 0.29) is 19.6 Å². The zero-order valence-electron chi connectivity index (χ0n) is 24.5. The van der Waals surface area contributed by atoms with Crippen LogP contribution in [0.4, 0.5) is 0 Å². The lowest BCUT2D eigenvalue weighted by Crippen LogP contribution is -2.86. The first-order valence-corrected chi connectivity index (χ1v) is 14.5. The van der Waals surface area contributed by atoms with Gasteiger partial charge in [0.05, 0.1) is 24.9 Å². The van der Waals surface area contributed by atoms with Gasteiger partial charge in [0, 0.05) is 17.8 Å². The molecule has 4 fully saturated rings. The molecule has 0 bridgehead atoms. The van der Waals surface area contributed by atoms with Crippen molar-refractivity contribution in [1.82, 2.24) is 4.90 Å². The van der Waals surface area contributed by atoms with Crippen molar-refractivity contribution in [2.75, 3.05) is 26.2 Å². The molecule has 4 rings (SSSR count). The molecule has 0 spiro atoms.